The molecule has 1 N–H and O–H groups in total. The molecule has 4 heteroatoms. The highest BCUT2D eigenvalue weighted by atomic mass is 15.1. The summed E-state index contributed by atoms with van der Waals surface area (Å²) < 4.78 is 0. The summed E-state index contributed by atoms with van der Waals surface area (Å²) in [7, 11) is 4.12. The lowest BCUT2D eigenvalue weighted by Gasteiger charge is -2.14. The summed E-state index contributed by atoms with van der Waals surface area (Å²) in [6.07, 6.45) is 2.75. The summed E-state index contributed by atoms with van der Waals surface area (Å²) in [5.74, 6) is 1.58. The lowest BCUT2D eigenvalue weighted by molar-refractivity contribution is 0.607. The van der Waals surface area contributed by atoms with E-state index in [-0.39, 0.29) is 0 Å². The Labute approximate surface area is 149 Å². The van der Waals surface area contributed by atoms with E-state index in [2.05, 4.69) is 90.6 Å². The summed E-state index contributed by atoms with van der Waals surface area (Å²) in [4.78, 5) is 11.0. The number of fused-ring (bicyclic) bond motifs is 1. The summed E-state index contributed by atoms with van der Waals surface area (Å²) in [6.45, 7) is 5.38. The zero-order chi connectivity index (χ0) is 17.8. The Hall–Kier alpha value is -2.62. The summed E-state index contributed by atoms with van der Waals surface area (Å²) in [6, 6.07) is 14.9. The molecule has 0 spiro atoms. The van der Waals surface area contributed by atoms with Gasteiger partial charge in [-0.05, 0) is 47.7 Å². The van der Waals surface area contributed by atoms with Gasteiger partial charge in [0.05, 0.1) is 5.52 Å². The van der Waals surface area contributed by atoms with Crippen molar-refractivity contribution in [2.45, 2.75) is 20.3 Å². The first kappa shape index (κ1) is 17.2. The fourth-order valence-electron chi connectivity index (χ4n) is 2.82. The smallest absolute Gasteiger partial charge is 0.137 e. The Balaban J connectivity index is 1.97. The number of nitrogens with one attached hydrogen (secondary N) is 1. The van der Waals surface area contributed by atoms with Gasteiger partial charge in [-0.1, -0.05) is 32.0 Å². The Morgan fingerprint density at radius 2 is 1.80 bits per heavy atom. The molecule has 2 aromatic carbocycles. The number of anilines is 2. The predicted octanol–water partition coefficient (Wildman–Crippen LogP) is 4.82. The Kier molecular flexibility index (Phi) is 5.17. The quantitative estimate of drug-likeness (QED) is 0.701. The molecule has 0 amide bonds. The van der Waals surface area contributed by atoms with Gasteiger partial charge in [0.2, 0.25) is 0 Å². The van der Waals surface area contributed by atoms with Crippen LogP contribution in [0.25, 0.3) is 22.0 Å². The van der Waals surface area contributed by atoms with Crippen LogP contribution in [0.15, 0.2) is 48.8 Å². The van der Waals surface area contributed by atoms with Crippen molar-refractivity contribution in [1.29, 1.82) is 0 Å². The topological polar surface area (TPSA) is 41.1 Å². The van der Waals surface area contributed by atoms with E-state index in [0.29, 0.717) is 5.92 Å². The van der Waals surface area contributed by atoms with Crippen molar-refractivity contribution in [3.8, 4) is 11.1 Å². The predicted molar refractivity (Wildman–Crippen MR) is 107 cm³/mol. The molecule has 4 nitrogen and oxygen atoms in total. The van der Waals surface area contributed by atoms with E-state index >= 15 is 0 Å². The van der Waals surface area contributed by atoms with Crippen molar-refractivity contribution in [3.63, 3.8) is 0 Å². The molecule has 0 atom stereocenters. The third kappa shape index (κ3) is 4.08. The van der Waals surface area contributed by atoms with E-state index in [0.717, 1.165) is 29.7 Å². The maximum Gasteiger partial charge on any atom is 0.137 e. The van der Waals surface area contributed by atoms with Gasteiger partial charge < -0.3 is 10.2 Å². The van der Waals surface area contributed by atoms with Crippen molar-refractivity contribution >= 4 is 22.4 Å². The molecule has 0 saturated carbocycles. The highest BCUT2D eigenvalue weighted by Gasteiger charge is 2.07. The van der Waals surface area contributed by atoms with E-state index < -0.39 is 0 Å². The monoisotopic (exact) mass is 334 g/mol. The minimum Gasteiger partial charge on any atom is -0.378 e. The first-order valence-electron chi connectivity index (χ1n) is 8.81. The lowest BCUT2D eigenvalue weighted by atomic mass is 10.0. The Morgan fingerprint density at radius 1 is 1.00 bits per heavy atom. The van der Waals surface area contributed by atoms with Crippen LogP contribution in [0, 0.1) is 5.92 Å². The molecular weight excluding hydrogens is 308 g/mol. The van der Waals surface area contributed by atoms with Gasteiger partial charge in [0, 0.05) is 31.7 Å². The van der Waals surface area contributed by atoms with Crippen molar-refractivity contribution in [2.75, 3.05) is 30.9 Å². The van der Waals surface area contributed by atoms with Crippen LogP contribution in [0.5, 0.6) is 0 Å². The summed E-state index contributed by atoms with van der Waals surface area (Å²) in [5, 5.41) is 4.54. The minimum absolute atomic E-state index is 0.671. The number of aromatic nitrogens is 2. The van der Waals surface area contributed by atoms with E-state index in [4.69, 9.17) is 0 Å². The van der Waals surface area contributed by atoms with Gasteiger partial charge in [0.1, 0.15) is 12.1 Å². The molecular formula is C21H26N4. The van der Waals surface area contributed by atoms with Crippen LogP contribution in [0.4, 0.5) is 11.5 Å². The van der Waals surface area contributed by atoms with Crippen LogP contribution in [0.1, 0.15) is 20.3 Å². The van der Waals surface area contributed by atoms with Crippen LogP contribution in [-0.4, -0.2) is 30.6 Å². The zero-order valence-corrected chi connectivity index (χ0v) is 15.5. The fraction of sp³-hybridized carbons (Fsp3) is 0.333. The standard InChI is InChI=1S/C21H26N4/c1-15(2)10-11-22-21-19-13-17(8-9-20(19)23-14-24-21)16-6-5-7-18(12-16)25(3)4/h5-9,12-15H,10-11H2,1-4H3,(H,22,23,24). The molecule has 0 aliphatic carbocycles. The van der Waals surface area contributed by atoms with E-state index in [1.54, 1.807) is 6.33 Å². The second-order valence-electron chi connectivity index (χ2n) is 7.01. The number of hydrogen-bond donors (Lipinski definition) is 1. The maximum absolute atomic E-state index is 4.45. The van der Waals surface area contributed by atoms with E-state index in [9.17, 15) is 0 Å². The molecule has 25 heavy (non-hydrogen) atoms. The number of nitrogens with zero attached hydrogens (tertiary/aromatic N) is 3. The molecule has 0 radical (unpaired) electrons. The number of rotatable bonds is 6. The van der Waals surface area contributed by atoms with E-state index in [1.807, 2.05) is 0 Å². The molecule has 3 aromatic rings. The number of benzene rings is 2. The molecule has 1 heterocycles. The number of hydrogen-bond acceptors (Lipinski definition) is 4. The van der Waals surface area contributed by atoms with Gasteiger partial charge >= 0.3 is 0 Å². The summed E-state index contributed by atoms with van der Waals surface area (Å²) in [5.41, 5.74) is 4.54. The van der Waals surface area contributed by atoms with Gasteiger partial charge in [-0.3, -0.25) is 0 Å². The van der Waals surface area contributed by atoms with Crippen LogP contribution in [0.2, 0.25) is 0 Å². The average Bonchev–Trinajstić information content (AvgIpc) is 2.61. The largest absolute Gasteiger partial charge is 0.378 e. The van der Waals surface area contributed by atoms with Crippen LogP contribution >= 0.6 is 0 Å². The zero-order valence-electron chi connectivity index (χ0n) is 15.5. The van der Waals surface area contributed by atoms with E-state index in [1.165, 1.54) is 16.8 Å². The van der Waals surface area contributed by atoms with Gasteiger partial charge in [0.25, 0.3) is 0 Å². The first-order chi connectivity index (χ1) is 12.0. The Morgan fingerprint density at radius 3 is 2.56 bits per heavy atom. The van der Waals surface area contributed by atoms with Crippen molar-refractivity contribution in [1.82, 2.24) is 9.97 Å². The average molecular weight is 334 g/mol. The van der Waals surface area contributed by atoms with Gasteiger partial charge in [-0.25, -0.2) is 9.97 Å². The third-order valence-corrected chi connectivity index (χ3v) is 4.35. The molecule has 0 bridgehead atoms. The molecule has 0 aliphatic rings. The SMILES string of the molecule is CC(C)CCNc1ncnc2ccc(-c3cccc(N(C)C)c3)cc12. The third-order valence-electron chi connectivity index (χ3n) is 4.35. The second-order valence-corrected chi connectivity index (χ2v) is 7.01. The molecule has 0 unspecified atom stereocenters. The highest BCUT2D eigenvalue weighted by Crippen LogP contribution is 2.29. The Bertz CT molecular complexity index is 855. The lowest BCUT2D eigenvalue weighted by Crippen LogP contribution is -2.08. The van der Waals surface area contributed by atoms with Gasteiger partial charge in [-0.2, -0.15) is 0 Å². The van der Waals surface area contributed by atoms with Crippen molar-refractivity contribution < 1.29 is 0 Å². The first-order valence-corrected chi connectivity index (χ1v) is 8.81. The highest BCUT2D eigenvalue weighted by molar-refractivity contribution is 5.92. The minimum atomic E-state index is 0.671. The fourth-order valence-corrected chi connectivity index (χ4v) is 2.82. The van der Waals surface area contributed by atoms with Crippen LogP contribution in [0.3, 0.4) is 0 Å². The second kappa shape index (κ2) is 7.51. The van der Waals surface area contributed by atoms with Gasteiger partial charge in [0.15, 0.2) is 0 Å². The summed E-state index contributed by atoms with van der Waals surface area (Å²) >= 11 is 0. The van der Waals surface area contributed by atoms with Crippen molar-refractivity contribution in [2.24, 2.45) is 5.92 Å². The molecule has 130 valence electrons. The van der Waals surface area contributed by atoms with Gasteiger partial charge in [-0.15, -0.1) is 0 Å². The molecule has 0 fully saturated rings. The van der Waals surface area contributed by atoms with Crippen LogP contribution < -0.4 is 10.2 Å². The normalized spacial score (nSPS) is 11.1. The molecule has 3 rings (SSSR count). The molecule has 0 saturated heterocycles. The molecule has 0 aliphatic heterocycles. The maximum atomic E-state index is 4.45. The van der Waals surface area contributed by atoms with Crippen molar-refractivity contribution in [3.05, 3.63) is 48.8 Å². The van der Waals surface area contributed by atoms with Crippen LogP contribution in [-0.2, 0) is 0 Å². The molecule has 1 aromatic heterocycles.